The van der Waals surface area contributed by atoms with Crippen LogP contribution in [0.1, 0.15) is 6.42 Å². The summed E-state index contributed by atoms with van der Waals surface area (Å²) in [6.45, 7) is 1.19. The van der Waals surface area contributed by atoms with E-state index in [1.54, 1.807) is 24.5 Å². The zero-order valence-corrected chi connectivity index (χ0v) is 10.3. The maximum absolute atomic E-state index is 13.3. The second-order valence-electron chi connectivity index (χ2n) is 3.35. The van der Waals surface area contributed by atoms with Crippen molar-refractivity contribution in [3.05, 3.63) is 24.5 Å². The van der Waals surface area contributed by atoms with Crippen LogP contribution in [0.4, 0.5) is 4.39 Å². The zero-order chi connectivity index (χ0) is 9.80. The van der Waals surface area contributed by atoms with Crippen molar-refractivity contribution in [3.8, 4) is 5.75 Å². The van der Waals surface area contributed by atoms with Gasteiger partial charge in [-0.2, -0.15) is 0 Å². The largest absolute Gasteiger partial charge is 0.486 e. The molecule has 2 rings (SSSR count). The first-order chi connectivity index (χ1) is 6.86. The summed E-state index contributed by atoms with van der Waals surface area (Å²) in [5, 5.41) is 2.98. The fraction of sp³-hybridized carbons (Fsp3) is 0.500. The van der Waals surface area contributed by atoms with E-state index in [4.69, 9.17) is 4.74 Å². The lowest BCUT2D eigenvalue weighted by molar-refractivity contribution is 0.0728. The van der Waals surface area contributed by atoms with Crippen molar-refractivity contribution in [1.82, 2.24) is 10.3 Å². The lowest BCUT2D eigenvalue weighted by Gasteiger charge is -2.27. The van der Waals surface area contributed by atoms with Gasteiger partial charge in [-0.1, -0.05) is 0 Å². The summed E-state index contributed by atoms with van der Waals surface area (Å²) in [6, 6.07) is 3.57. The van der Waals surface area contributed by atoms with Gasteiger partial charge in [0, 0.05) is 12.7 Å². The first kappa shape index (κ1) is 15.4. The molecule has 0 bridgehead atoms. The fourth-order valence-electron chi connectivity index (χ4n) is 1.52. The van der Waals surface area contributed by atoms with Gasteiger partial charge in [0.05, 0.1) is 6.20 Å². The Morgan fingerprint density at radius 3 is 2.88 bits per heavy atom. The molecule has 0 saturated carbocycles. The SMILES string of the molecule is Cl.Cl.F[C@H]1CNCC[C@H]1Oc1cccnc1. The number of pyridine rings is 1. The van der Waals surface area contributed by atoms with E-state index in [0.29, 0.717) is 18.7 Å². The molecule has 3 nitrogen and oxygen atoms in total. The number of hydrogen-bond acceptors (Lipinski definition) is 3. The minimum absolute atomic E-state index is 0. The number of nitrogens with zero attached hydrogens (tertiary/aromatic N) is 1. The first-order valence-corrected chi connectivity index (χ1v) is 4.78. The van der Waals surface area contributed by atoms with Crippen LogP contribution < -0.4 is 10.1 Å². The molecule has 0 radical (unpaired) electrons. The van der Waals surface area contributed by atoms with Gasteiger partial charge in [-0.3, -0.25) is 4.98 Å². The molecule has 1 fully saturated rings. The van der Waals surface area contributed by atoms with E-state index in [-0.39, 0.29) is 30.9 Å². The summed E-state index contributed by atoms with van der Waals surface area (Å²) >= 11 is 0. The van der Waals surface area contributed by atoms with Gasteiger partial charge in [-0.15, -0.1) is 24.8 Å². The molecule has 1 aliphatic rings. The van der Waals surface area contributed by atoms with Crippen LogP contribution in [0.2, 0.25) is 0 Å². The Balaban J connectivity index is 0.00000112. The number of aromatic nitrogens is 1. The summed E-state index contributed by atoms with van der Waals surface area (Å²) < 4.78 is 18.8. The molecule has 0 amide bonds. The summed E-state index contributed by atoms with van der Waals surface area (Å²) in [5.41, 5.74) is 0. The van der Waals surface area contributed by atoms with Gasteiger partial charge in [0.25, 0.3) is 0 Å². The molecular weight excluding hydrogens is 254 g/mol. The van der Waals surface area contributed by atoms with Crippen LogP contribution in [0, 0.1) is 0 Å². The van der Waals surface area contributed by atoms with Crippen LogP contribution in [0.3, 0.4) is 0 Å². The van der Waals surface area contributed by atoms with Gasteiger partial charge < -0.3 is 10.1 Å². The maximum Gasteiger partial charge on any atom is 0.149 e. The molecule has 6 heteroatoms. The Morgan fingerprint density at radius 2 is 2.25 bits per heavy atom. The van der Waals surface area contributed by atoms with Crippen molar-refractivity contribution in [1.29, 1.82) is 0 Å². The number of halogens is 3. The standard InChI is InChI=1S/C10H13FN2O.2ClH/c11-9-7-13-5-3-10(9)14-8-2-1-4-12-6-8;;/h1-2,4,6,9-10,13H,3,5,7H2;2*1H/t9-,10+;;/m0../s1. The lowest BCUT2D eigenvalue weighted by atomic mass is 10.1. The molecule has 0 aliphatic carbocycles. The molecule has 0 aromatic carbocycles. The molecule has 2 heterocycles. The van der Waals surface area contributed by atoms with Crippen molar-refractivity contribution in [2.75, 3.05) is 13.1 Å². The van der Waals surface area contributed by atoms with E-state index in [2.05, 4.69) is 10.3 Å². The summed E-state index contributed by atoms with van der Waals surface area (Å²) in [6.07, 6.45) is 2.72. The quantitative estimate of drug-likeness (QED) is 0.891. The second-order valence-corrected chi connectivity index (χ2v) is 3.35. The smallest absolute Gasteiger partial charge is 0.149 e. The third-order valence-corrected chi connectivity index (χ3v) is 2.27. The topological polar surface area (TPSA) is 34.1 Å². The van der Waals surface area contributed by atoms with E-state index < -0.39 is 6.17 Å². The highest BCUT2D eigenvalue weighted by Gasteiger charge is 2.25. The van der Waals surface area contributed by atoms with Crippen LogP contribution in [0.25, 0.3) is 0 Å². The Morgan fingerprint density at radius 1 is 1.44 bits per heavy atom. The summed E-state index contributed by atoms with van der Waals surface area (Å²) in [4.78, 5) is 3.91. The third kappa shape index (κ3) is 4.12. The second kappa shape index (κ2) is 7.65. The molecule has 92 valence electrons. The van der Waals surface area contributed by atoms with Gasteiger partial charge in [-0.05, 0) is 25.1 Å². The van der Waals surface area contributed by atoms with E-state index in [1.165, 1.54) is 0 Å². The normalized spacial score (nSPS) is 23.8. The predicted octanol–water partition coefficient (Wildman–Crippen LogP) is 2.00. The van der Waals surface area contributed by atoms with Crippen LogP contribution in [0.5, 0.6) is 5.75 Å². The monoisotopic (exact) mass is 268 g/mol. The molecule has 1 aliphatic heterocycles. The first-order valence-electron chi connectivity index (χ1n) is 4.78. The number of hydrogen-bond donors (Lipinski definition) is 1. The number of rotatable bonds is 2. The molecule has 2 atom stereocenters. The van der Waals surface area contributed by atoms with Crippen molar-refractivity contribution >= 4 is 24.8 Å². The Hall–Kier alpha value is -0.580. The van der Waals surface area contributed by atoms with Crippen LogP contribution in [-0.2, 0) is 0 Å². The number of ether oxygens (including phenoxy) is 1. The van der Waals surface area contributed by atoms with E-state index >= 15 is 0 Å². The molecule has 1 saturated heterocycles. The van der Waals surface area contributed by atoms with Crippen LogP contribution in [-0.4, -0.2) is 30.3 Å². The Labute approximate surface area is 107 Å². The third-order valence-electron chi connectivity index (χ3n) is 2.27. The van der Waals surface area contributed by atoms with E-state index in [0.717, 1.165) is 6.54 Å². The fourth-order valence-corrected chi connectivity index (χ4v) is 1.52. The molecule has 1 aromatic heterocycles. The molecular formula is C10H15Cl2FN2O. The highest BCUT2D eigenvalue weighted by Crippen LogP contribution is 2.16. The minimum Gasteiger partial charge on any atom is -0.486 e. The predicted molar refractivity (Wildman–Crippen MR) is 65.5 cm³/mol. The molecule has 1 aromatic rings. The van der Waals surface area contributed by atoms with Gasteiger partial charge in [-0.25, -0.2) is 4.39 Å². The summed E-state index contributed by atoms with van der Waals surface area (Å²) in [5.74, 6) is 0.641. The molecule has 1 N–H and O–H groups in total. The van der Waals surface area contributed by atoms with Gasteiger partial charge in [0.15, 0.2) is 0 Å². The molecule has 16 heavy (non-hydrogen) atoms. The van der Waals surface area contributed by atoms with Crippen molar-refractivity contribution in [3.63, 3.8) is 0 Å². The average Bonchev–Trinajstić information content (AvgIpc) is 2.23. The zero-order valence-electron chi connectivity index (χ0n) is 8.64. The highest BCUT2D eigenvalue weighted by molar-refractivity contribution is 5.85. The molecule has 0 unspecified atom stereocenters. The Bertz CT molecular complexity index is 289. The number of piperidine rings is 1. The minimum atomic E-state index is -0.927. The van der Waals surface area contributed by atoms with Crippen LogP contribution in [0.15, 0.2) is 24.5 Å². The number of alkyl halides is 1. The van der Waals surface area contributed by atoms with Gasteiger partial charge in [0.1, 0.15) is 18.0 Å². The maximum atomic E-state index is 13.3. The van der Waals surface area contributed by atoms with Gasteiger partial charge in [0.2, 0.25) is 0 Å². The van der Waals surface area contributed by atoms with E-state index in [9.17, 15) is 4.39 Å². The number of nitrogens with one attached hydrogen (secondary N) is 1. The van der Waals surface area contributed by atoms with Crippen molar-refractivity contribution < 1.29 is 9.13 Å². The van der Waals surface area contributed by atoms with Crippen molar-refractivity contribution in [2.24, 2.45) is 0 Å². The van der Waals surface area contributed by atoms with Gasteiger partial charge >= 0.3 is 0 Å². The molecule has 0 spiro atoms. The van der Waals surface area contributed by atoms with Crippen LogP contribution >= 0.6 is 24.8 Å². The Kier molecular flexibility index (Phi) is 7.38. The highest BCUT2D eigenvalue weighted by atomic mass is 35.5. The van der Waals surface area contributed by atoms with E-state index in [1.807, 2.05) is 0 Å². The lowest BCUT2D eigenvalue weighted by Crippen LogP contribution is -2.44. The average molecular weight is 269 g/mol. The van der Waals surface area contributed by atoms with Crippen molar-refractivity contribution in [2.45, 2.75) is 18.7 Å². The summed E-state index contributed by atoms with van der Waals surface area (Å²) in [7, 11) is 0.